The van der Waals surface area contributed by atoms with Crippen LogP contribution in [-0.4, -0.2) is 27.4 Å². The van der Waals surface area contributed by atoms with Crippen molar-refractivity contribution in [3.8, 4) is 5.69 Å². The van der Waals surface area contributed by atoms with Crippen LogP contribution in [0.1, 0.15) is 37.2 Å². The fourth-order valence-corrected chi connectivity index (χ4v) is 7.63. The van der Waals surface area contributed by atoms with Crippen molar-refractivity contribution < 1.29 is 9.59 Å². The summed E-state index contributed by atoms with van der Waals surface area (Å²) < 4.78 is 2.33. The second-order valence-corrected chi connectivity index (χ2v) is 12.1. The van der Waals surface area contributed by atoms with Gasteiger partial charge >= 0.3 is 0 Å². The van der Waals surface area contributed by atoms with Gasteiger partial charge in [-0.05, 0) is 71.1 Å². The molecule has 39 heavy (non-hydrogen) atoms. The van der Waals surface area contributed by atoms with Gasteiger partial charge in [0, 0.05) is 16.1 Å². The van der Waals surface area contributed by atoms with Crippen molar-refractivity contribution in [2.45, 2.75) is 38.8 Å². The van der Waals surface area contributed by atoms with Crippen molar-refractivity contribution in [1.82, 2.24) is 14.9 Å². The maximum Gasteiger partial charge on any atom is 0.266 e. The molecule has 0 bridgehead atoms. The van der Waals surface area contributed by atoms with Gasteiger partial charge in [-0.25, -0.2) is 9.88 Å². The first-order valence-corrected chi connectivity index (χ1v) is 14.1. The number of hydrogen-bond acceptors (Lipinski definition) is 5. The van der Waals surface area contributed by atoms with Crippen LogP contribution in [0.25, 0.3) is 16.6 Å². The largest absolute Gasteiger partial charge is 0.297 e. The number of fused-ring (bicyclic) bond motifs is 8. The Morgan fingerprint density at radius 2 is 1.72 bits per heavy atom. The summed E-state index contributed by atoms with van der Waals surface area (Å²) in [4.78, 5) is 49.0. The Morgan fingerprint density at radius 3 is 2.49 bits per heavy atom. The maximum absolute atomic E-state index is 14.5. The number of nitrogens with zero attached hydrogens (tertiary/aromatic N) is 3. The smallest absolute Gasteiger partial charge is 0.266 e. The number of carbonyl (C=O) groups is 2. The zero-order valence-electron chi connectivity index (χ0n) is 21.8. The molecule has 7 rings (SSSR count). The van der Waals surface area contributed by atoms with Crippen LogP contribution < -0.4 is 15.8 Å². The second kappa shape index (κ2) is 8.44. The minimum atomic E-state index is -1.12. The molecule has 1 aromatic heterocycles. The van der Waals surface area contributed by atoms with Gasteiger partial charge in [-0.2, -0.15) is 0 Å². The first-order valence-electron chi connectivity index (χ1n) is 13.3. The third-order valence-corrected chi connectivity index (χ3v) is 9.07. The summed E-state index contributed by atoms with van der Waals surface area (Å²) in [5.74, 6) is -1.10. The number of rotatable bonds is 3. The molecule has 0 radical (unpaired) electrons. The van der Waals surface area contributed by atoms with E-state index in [2.05, 4.69) is 35.1 Å². The van der Waals surface area contributed by atoms with Gasteiger partial charge in [0.15, 0.2) is 0 Å². The Labute approximate surface area is 234 Å². The number of imide groups is 1. The molecule has 2 fully saturated rings. The molecule has 4 aromatic rings. The van der Waals surface area contributed by atoms with Crippen molar-refractivity contribution in [2.75, 3.05) is 4.90 Å². The molecule has 2 amide bonds. The van der Waals surface area contributed by atoms with Crippen LogP contribution >= 0.6 is 15.9 Å². The molecular formula is C31H27BrN4O3. The van der Waals surface area contributed by atoms with E-state index < -0.39 is 17.4 Å². The van der Waals surface area contributed by atoms with Gasteiger partial charge in [-0.1, -0.05) is 50.2 Å². The molecule has 0 saturated carbocycles. The monoisotopic (exact) mass is 582 g/mol. The van der Waals surface area contributed by atoms with Crippen LogP contribution in [0.15, 0.2) is 76.0 Å². The number of anilines is 1. The molecule has 4 atom stereocenters. The van der Waals surface area contributed by atoms with Crippen molar-refractivity contribution in [2.24, 2.45) is 17.8 Å². The summed E-state index contributed by atoms with van der Waals surface area (Å²) in [5.41, 5.74) is 2.33. The van der Waals surface area contributed by atoms with Crippen molar-refractivity contribution >= 4 is 44.3 Å². The quantitative estimate of drug-likeness (QED) is 0.349. The van der Waals surface area contributed by atoms with Crippen molar-refractivity contribution in [1.29, 1.82) is 0 Å². The van der Waals surface area contributed by atoms with E-state index >= 15 is 0 Å². The molecule has 2 saturated heterocycles. The van der Waals surface area contributed by atoms with E-state index in [0.29, 0.717) is 39.0 Å². The standard InChI is InChI=1S/C31H27BrN4O3/c1-16(2)14-22-25-26(29(39)35(28(25)38)24-13-12-17(3)15-20(24)32)31(34-22)19-9-5-7-11-23(19)36-27(37)18-8-4-6-10-21(18)33-30(31)36/h4-13,15-16,22,25-26,34H,14H2,1-3H3/t22?,25-,26+,31?/m0/s1. The average Bonchev–Trinajstić information content (AvgIpc) is 3.47. The van der Waals surface area contributed by atoms with E-state index in [0.717, 1.165) is 11.1 Å². The maximum atomic E-state index is 14.5. The number of hydrogen-bond donors (Lipinski definition) is 1. The lowest BCUT2D eigenvalue weighted by molar-refractivity contribution is -0.123. The molecule has 196 valence electrons. The number of amides is 2. The summed E-state index contributed by atoms with van der Waals surface area (Å²) in [7, 11) is 0. The summed E-state index contributed by atoms with van der Waals surface area (Å²) in [5, 5.41) is 4.27. The van der Waals surface area contributed by atoms with Gasteiger partial charge < -0.3 is 0 Å². The number of nitrogens with one attached hydrogen (secondary N) is 1. The number of para-hydroxylation sites is 2. The number of carbonyl (C=O) groups excluding carboxylic acids is 2. The van der Waals surface area contributed by atoms with E-state index in [9.17, 15) is 14.4 Å². The highest BCUT2D eigenvalue weighted by Crippen LogP contribution is 2.56. The number of benzene rings is 3. The minimum Gasteiger partial charge on any atom is -0.297 e. The topological polar surface area (TPSA) is 84.3 Å². The predicted octanol–water partition coefficient (Wildman–Crippen LogP) is 4.84. The molecule has 1 N–H and O–H groups in total. The van der Waals surface area contributed by atoms with E-state index in [1.54, 1.807) is 10.6 Å². The summed E-state index contributed by atoms with van der Waals surface area (Å²) in [6, 6.07) is 20.3. The van der Waals surface area contributed by atoms with Crippen LogP contribution in [0.3, 0.4) is 0 Å². The molecule has 1 spiro atoms. The van der Waals surface area contributed by atoms with Crippen molar-refractivity contribution in [3.05, 3.63) is 98.5 Å². The molecule has 3 aliphatic rings. The third kappa shape index (κ3) is 3.19. The van der Waals surface area contributed by atoms with Crippen LogP contribution in [0, 0.1) is 24.7 Å². The van der Waals surface area contributed by atoms with Crippen LogP contribution in [-0.2, 0) is 15.1 Å². The first-order chi connectivity index (χ1) is 18.7. The fourth-order valence-electron chi connectivity index (χ4n) is 6.96. The van der Waals surface area contributed by atoms with Crippen LogP contribution in [0.4, 0.5) is 5.69 Å². The SMILES string of the molecule is Cc1ccc(N2C(=O)[C@H]3C(CC(C)C)NC4(c5ccccc5-n5c4nc4ccccc4c5=O)[C@H]3C2=O)c(Br)c1. The molecular weight excluding hydrogens is 556 g/mol. The number of aryl methyl sites for hydroxylation is 1. The summed E-state index contributed by atoms with van der Waals surface area (Å²) >= 11 is 3.59. The summed E-state index contributed by atoms with van der Waals surface area (Å²) in [6.45, 7) is 6.20. The summed E-state index contributed by atoms with van der Waals surface area (Å²) in [6.07, 6.45) is 0.699. The highest BCUT2D eigenvalue weighted by Gasteiger charge is 2.69. The van der Waals surface area contributed by atoms with E-state index in [-0.39, 0.29) is 29.3 Å². The van der Waals surface area contributed by atoms with Gasteiger partial charge in [-0.3, -0.25) is 24.3 Å². The van der Waals surface area contributed by atoms with Gasteiger partial charge in [0.1, 0.15) is 11.4 Å². The fraction of sp³-hybridized carbons (Fsp3) is 0.290. The Kier molecular flexibility index (Phi) is 5.28. The van der Waals surface area contributed by atoms with Gasteiger partial charge in [0.2, 0.25) is 11.8 Å². The zero-order valence-corrected chi connectivity index (χ0v) is 23.4. The number of aromatic nitrogens is 2. The Hall–Kier alpha value is -3.62. The van der Waals surface area contributed by atoms with Crippen LogP contribution in [0.2, 0.25) is 0 Å². The van der Waals surface area contributed by atoms with Gasteiger partial charge in [0.25, 0.3) is 5.56 Å². The number of halogens is 1. The average molecular weight is 583 g/mol. The lowest BCUT2D eigenvalue weighted by atomic mass is 9.75. The minimum absolute atomic E-state index is 0.180. The predicted molar refractivity (Wildman–Crippen MR) is 153 cm³/mol. The van der Waals surface area contributed by atoms with Gasteiger partial charge in [0.05, 0.1) is 34.1 Å². The lowest BCUT2D eigenvalue weighted by Gasteiger charge is -2.32. The van der Waals surface area contributed by atoms with Crippen LogP contribution in [0.5, 0.6) is 0 Å². The Balaban J connectivity index is 1.52. The Morgan fingerprint density at radius 1 is 0.974 bits per heavy atom. The highest BCUT2D eigenvalue weighted by atomic mass is 79.9. The van der Waals surface area contributed by atoms with E-state index in [4.69, 9.17) is 4.98 Å². The lowest BCUT2D eigenvalue weighted by Crippen LogP contribution is -2.50. The zero-order chi connectivity index (χ0) is 27.2. The molecule has 0 aliphatic carbocycles. The highest BCUT2D eigenvalue weighted by molar-refractivity contribution is 9.10. The molecule has 3 aromatic carbocycles. The van der Waals surface area contributed by atoms with E-state index in [1.807, 2.05) is 67.6 Å². The van der Waals surface area contributed by atoms with Gasteiger partial charge in [-0.15, -0.1) is 0 Å². The normalized spacial score (nSPS) is 25.2. The molecule has 3 aliphatic heterocycles. The first kappa shape index (κ1) is 24.4. The third-order valence-electron chi connectivity index (χ3n) is 8.43. The van der Waals surface area contributed by atoms with Crippen molar-refractivity contribution in [3.63, 3.8) is 0 Å². The molecule has 8 heteroatoms. The molecule has 7 nitrogen and oxygen atoms in total. The Bertz CT molecular complexity index is 1780. The van der Waals surface area contributed by atoms with E-state index in [1.165, 1.54) is 4.90 Å². The molecule has 2 unspecified atom stereocenters. The second-order valence-electron chi connectivity index (χ2n) is 11.3. The molecule has 4 heterocycles.